The second-order valence-corrected chi connectivity index (χ2v) is 5.51. The molecule has 3 rings (SSSR count). The van der Waals surface area contributed by atoms with E-state index in [1.165, 1.54) is 6.07 Å². The zero-order valence-corrected chi connectivity index (χ0v) is 13.4. The first-order valence-electron chi connectivity index (χ1n) is 7.72. The number of benzene rings is 2. The molecule has 124 valence electrons. The van der Waals surface area contributed by atoms with Crippen LogP contribution in [0.15, 0.2) is 63.8 Å². The molecule has 5 nitrogen and oxygen atoms in total. The first kappa shape index (κ1) is 16.2. The maximum absolute atomic E-state index is 11.7. The summed E-state index contributed by atoms with van der Waals surface area (Å²) in [6, 6.07) is 16.3. The Balaban J connectivity index is 1.74. The summed E-state index contributed by atoms with van der Waals surface area (Å²) >= 11 is 0. The van der Waals surface area contributed by atoms with Crippen molar-refractivity contribution < 1.29 is 14.3 Å². The minimum Gasteiger partial charge on any atom is -0.497 e. The van der Waals surface area contributed by atoms with E-state index in [0.29, 0.717) is 24.4 Å². The highest BCUT2D eigenvalue weighted by molar-refractivity contribution is 5.81. The van der Waals surface area contributed by atoms with Crippen molar-refractivity contribution in [1.82, 2.24) is 5.32 Å². The number of nitrogens with one attached hydrogen (secondary N) is 1. The van der Waals surface area contributed by atoms with Crippen LogP contribution in [0.25, 0.3) is 11.0 Å². The third-order valence-electron chi connectivity index (χ3n) is 3.87. The molecular formula is C19H19NO4. The quantitative estimate of drug-likeness (QED) is 0.682. The van der Waals surface area contributed by atoms with Crippen LogP contribution in [-0.2, 0) is 6.54 Å². The summed E-state index contributed by atoms with van der Waals surface area (Å²) in [7, 11) is 1.57. The van der Waals surface area contributed by atoms with E-state index in [0.717, 1.165) is 16.5 Å². The Kier molecular flexibility index (Phi) is 4.93. The van der Waals surface area contributed by atoms with Gasteiger partial charge < -0.3 is 19.6 Å². The van der Waals surface area contributed by atoms with Gasteiger partial charge in [0.25, 0.3) is 0 Å². The van der Waals surface area contributed by atoms with E-state index in [1.54, 1.807) is 13.2 Å². The van der Waals surface area contributed by atoms with Crippen LogP contribution in [0, 0.1) is 0 Å². The van der Waals surface area contributed by atoms with Crippen LogP contribution in [-0.4, -0.2) is 18.8 Å². The first-order valence-corrected chi connectivity index (χ1v) is 7.72. The number of aliphatic hydroxyl groups excluding tert-OH is 1. The number of ether oxygens (including phenoxy) is 1. The van der Waals surface area contributed by atoms with Gasteiger partial charge in [-0.2, -0.15) is 0 Å². The molecule has 0 aliphatic rings. The molecule has 1 heterocycles. The average Bonchev–Trinajstić information content (AvgIpc) is 2.61. The van der Waals surface area contributed by atoms with Crippen molar-refractivity contribution in [3.63, 3.8) is 0 Å². The van der Waals surface area contributed by atoms with E-state index in [1.807, 2.05) is 42.5 Å². The van der Waals surface area contributed by atoms with Gasteiger partial charge in [-0.3, -0.25) is 0 Å². The van der Waals surface area contributed by atoms with E-state index in [2.05, 4.69) is 5.32 Å². The summed E-state index contributed by atoms with van der Waals surface area (Å²) in [6.45, 7) is 0.847. The summed E-state index contributed by atoms with van der Waals surface area (Å²) in [5.41, 5.74) is 1.76. The molecule has 0 fully saturated rings. The largest absolute Gasteiger partial charge is 0.497 e. The molecule has 0 amide bonds. The van der Waals surface area contributed by atoms with Crippen LogP contribution in [0.1, 0.15) is 17.2 Å². The Hall–Kier alpha value is -2.63. The molecule has 0 aliphatic carbocycles. The lowest BCUT2D eigenvalue weighted by molar-refractivity contribution is 0.174. The molecule has 3 aromatic rings. The molecule has 0 radical (unpaired) electrons. The van der Waals surface area contributed by atoms with Gasteiger partial charge >= 0.3 is 5.63 Å². The SMILES string of the molecule is COc1ccc2c(CNC[C@@H](O)c3ccccc3)cc(=O)oc2c1. The predicted molar refractivity (Wildman–Crippen MR) is 92.1 cm³/mol. The van der Waals surface area contributed by atoms with Gasteiger partial charge in [0.2, 0.25) is 0 Å². The minimum atomic E-state index is -0.599. The lowest BCUT2D eigenvalue weighted by Gasteiger charge is -2.13. The van der Waals surface area contributed by atoms with Crippen LogP contribution in [0.2, 0.25) is 0 Å². The summed E-state index contributed by atoms with van der Waals surface area (Å²) in [5.74, 6) is 0.634. The van der Waals surface area contributed by atoms with E-state index in [9.17, 15) is 9.90 Å². The van der Waals surface area contributed by atoms with Gasteiger partial charge in [-0.05, 0) is 23.3 Å². The number of methoxy groups -OCH3 is 1. The molecule has 0 bridgehead atoms. The number of hydrogen-bond acceptors (Lipinski definition) is 5. The minimum absolute atomic E-state index is 0.391. The third kappa shape index (κ3) is 3.64. The van der Waals surface area contributed by atoms with Gasteiger partial charge in [0.15, 0.2) is 0 Å². The van der Waals surface area contributed by atoms with Crippen molar-refractivity contribution in [2.75, 3.05) is 13.7 Å². The Morgan fingerprint density at radius 1 is 1.17 bits per heavy atom. The Morgan fingerprint density at radius 3 is 2.71 bits per heavy atom. The van der Waals surface area contributed by atoms with Crippen LogP contribution >= 0.6 is 0 Å². The van der Waals surface area contributed by atoms with Crippen LogP contribution < -0.4 is 15.7 Å². The standard InChI is InChI=1S/C19H19NO4/c1-23-15-7-8-16-14(9-19(22)24-18(16)10-15)11-20-12-17(21)13-5-3-2-4-6-13/h2-10,17,20-21H,11-12H2,1H3/t17-/m1/s1. The zero-order chi connectivity index (χ0) is 16.9. The fourth-order valence-corrected chi connectivity index (χ4v) is 2.62. The predicted octanol–water partition coefficient (Wildman–Crippen LogP) is 2.62. The van der Waals surface area contributed by atoms with Crippen molar-refractivity contribution in [2.45, 2.75) is 12.6 Å². The summed E-state index contributed by atoms with van der Waals surface area (Å²) < 4.78 is 10.4. The summed E-state index contributed by atoms with van der Waals surface area (Å²) in [5, 5.41) is 14.2. The van der Waals surface area contributed by atoms with Gasteiger partial charge in [0.1, 0.15) is 11.3 Å². The highest BCUT2D eigenvalue weighted by Crippen LogP contribution is 2.22. The number of fused-ring (bicyclic) bond motifs is 1. The zero-order valence-electron chi connectivity index (χ0n) is 13.4. The molecule has 2 N–H and O–H groups in total. The topological polar surface area (TPSA) is 71.7 Å². The van der Waals surface area contributed by atoms with Crippen LogP contribution in [0.4, 0.5) is 0 Å². The fraction of sp³-hybridized carbons (Fsp3) is 0.211. The van der Waals surface area contributed by atoms with E-state index >= 15 is 0 Å². The average molecular weight is 325 g/mol. The molecule has 0 saturated heterocycles. The maximum Gasteiger partial charge on any atom is 0.336 e. The molecule has 24 heavy (non-hydrogen) atoms. The van der Waals surface area contributed by atoms with Crippen molar-refractivity contribution in [1.29, 1.82) is 0 Å². The van der Waals surface area contributed by atoms with E-state index in [-0.39, 0.29) is 0 Å². The molecule has 0 unspecified atom stereocenters. The van der Waals surface area contributed by atoms with Crippen molar-refractivity contribution in [2.24, 2.45) is 0 Å². The van der Waals surface area contributed by atoms with Gasteiger partial charge in [-0.15, -0.1) is 0 Å². The molecule has 5 heteroatoms. The molecule has 1 atom stereocenters. The molecule has 2 aromatic carbocycles. The second-order valence-electron chi connectivity index (χ2n) is 5.51. The first-order chi connectivity index (χ1) is 11.7. The van der Waals surface area contributed by atoms with Crippen LogP contribution in [0.5, 0.6) is 5.75 Å². The van der Waals surface area contributed by atoms with Gasteiger partial charge in [-0.1, -0.05) is 30.3 Å². The van der Waals surface area contributed by atoms with Crippen molar-refractivity contribution in [3.8, 4) is 5.75 Å². The Labute approximate surface area is 139 Å². The van der Waals surface area contributed by atoms with E-state index in [4.69, 9.17) is 9.15 Å². The summed E-state index contributed by atoms with van der Waals surface area (Å²) in [6.07, 6.45) is -0.599. The summed E-state index contributed by atoms with van der Waals surface area (Å²) in [4.78, 5) is 11.7. The van der Waals surface area contributed by atoms with Crippen LogP contribution in [0.3, 0.4) is 0 Å². The molecule has 0 aliphatic heterocycles. The Bertz CT molecular complexity index is 873. The van der Waals surface area contributed by atoms with Gasteiger partial charge in [0.05, 0.1) is 13.2 Å². The second kappa shape index (κ2) is 7.29. The van der Waals surface area contributed by atoms with Gasteiger partial charge in [0, 0.05) is 30.6 Å². The normalized spacial score (nSPS) is 12.2. The monoisotopic (exact) mass is 325 g/mol. The lowest BCUT2D eigenvalue weighted by atomic mass is 10.1. The van der Waals surface area contributed by atoms with Crippen molar-refractivity contribution in [3.05, 3.63) is 76.1 Å². The molecule has 1 aromatic heterocycles. The maximum atomic E-state index is 11.7. The number of hydrogen-bond donors (Lipinski definition) is 2. The van der Waals surface area contributed by atoms with Crippen molar-refractivity contribution >= 4 is 11.0 Å². The lowest BCUT2D eigenvalue weighted by Crippen LogP contribution is -2.21. The Morgan fingerprint density at radius 2 is 1.96 bits per heavy atom. The smallest absolute Gasteiger partial charge is 0.336 e. The number of aliphatic hydroxyl groups is 1. The highest BCUT2D eigenvalue weighted by Gasteiger charge is 2.09. The van der Waals surface area contributed by atoms with Gasteiger partial charge in [-0.25, -0.2) is 4.79 Å². The highest BCUT2D eigenvalue weighted by atomic mass is 16.5. The molecular weight excluding hydrogens is 306 g/mol. The molecule has 0 saturated carbocycles. The molecule has 0 spiro atoms. The van der Waals surface area contributed by atoms with E-state index < -0.39 is 11.7 Å². The third-order valence-corrected chi connectivity index (χ3v) is 3.87. The number of rotatable bonds is 6. The fourth-order valence-electron chi connectivity index (χ4n) is 2.62.